The average Bonchev–Trinajstić information content (AvgIpc) is 1.55. The second kappa shape index (κ2) is 5.58. The maximum Gasteiger partial charge on any atom is 0.452 e. The minimum atomic E-state index is -5.20. The van der Waals surface area contributed by atoms with Gasteiger partial charge in [-0.1, -0.05) is 23.2 Å². The van der Waals surface area contributed by atoms with Crippen molar-refractivity contribution < 1.29 is 17.6 Å². The van der Waals surface area contributed by atoms with E-state index in [9.17, 15) is 17.6 Å². The third kappa shape index (κ3) is 10.9. The third-order valence-corrected chi connectivity index (χ3v) is 0.750. The third-order valence-electron chi connectivity index (χ3n) is 0.321. The molecule has 0 aromatic carbocycles. The Bertz CT molecular complexity index is 100. The van der Waals surface area contributed by atoms with Gasteiger partial charge >= 0.3 is 10.8 Å². The van der Waals surface area contributed by atoms with Crippen molar-refractivity contribution in [2.24, 2.45) is 0 Å². The lowest BCUT2D eigenvalue weighted by Gasteiger charge is -2.11. The van der Waals surface area contributed by atoms with Crippen LogP contribution in [-0.2, 0) is 0 Å². The van der Waals surface area contributed by atoms with Crippen LogP contribution >= 0.6 is 46.4 Å². The zero-order chi connectivity index (χ0) is 10.6. The Morgan fingerprint density at radius 3 is 1.08 bits per heavy atom. The van der Waals surface area contributed by atoms with Crippen molar-refractivity contribution in [2.75, 3.05) is 0 Å². The summed E-state index contributed by atoms with van der Waals surface area (Å²) in [6, 6.07) is 0. The largest absolute Gasteiger partial charge is 0.452 e. The lowest BCUT2D eigenvalue weighted by Crippen LogP contribution is -2.28. The molecule has 0 atom stereocenters. The summed E-state index contributed by atoms with van der Waals surface area (Å²) >= 11 is 18.0. The van der Waals surface area contributed by atoms with Crippen molar-refractivity contribution in [1.82, 2.24) is 0 Å². The van der Waals surface area contributed by atoms with E-state index in [0.717, 1.165) is 0 Å². The zero-order valence-corrected chi connectivity index (χ0v) is 8.62. The fraction of sp³-hybridized carbons (Fsp3) is 1.00. The molecule has 0 radical (unpaired) electrons. The second-order valence-electron chi connectivity index (χ2n) is 1.51. The number of halogens is 8. The molecule has 0 amide bonds. The van der Waals surface area contributed by atoms with Crippen LogP contribution in [0, 0.1) is 0 Å². The Morgan fingerprint density at radius 1 is 1.00 bits per heavy atom. The van der Waals surface area contributed by atoms with E-state index in [4.69, 9.17) is 23.2 Å². The van der Waals surface area contributed by atoms with Crippen molar-refractivity contribution in [2.45, 2.75) is 22.5 Å². The quantitative estimate of drug-likeness (QED) is 0.450. The monoisotopic (exact) mass is 268 g/mol. The topological polar surface area (TPSA) is 0 Å². The SMILES string of the molecule is CC(Cl)Cl.FC(F)(F)C(F)(Cl)Cl. The van der Waals surface area contributed by atoms with Crippen LogP contribution in [-0.4, -0.2) is 15.6 Å². The standard InChI is InChI=1S/C2Cl2F4.C2H4Cl2/c3-1(4,5)2(6,7)8;1-2(3)4/h;2H,1H3. The van der Waals surface area contributed by atoms with Crippen LogP contribution in [0.5, 0.6) is 0 Å². The smallest absolute Gasteiger partial charge is 0.198 e. The van der Waals surface area contributed by atoms with Gasteiger partial charge in [-0.25, -0.2) is 0 Å². The average molecular weight is 270 g/mol. The Balaban J connectivity index is 0. The van der Waals surface area contributed by atoms with Gasteiger partial charge in [-0.15, -0.1) is 23.2 Å². The van der Waals surface area contributed by atoms with E-state index in [1.54, 1.807) is 6.92 Å². The molecule has 76 valence electrons. The van der Waals surface area contributed by atoms with Crippen LogP contribution < -0.4 is 0 Å². The maximum absolute atomic E-state index is 11.3. The number of hydrogen-bond donors (Lipinski definition) is 0. The van der Waals surface area contributed by atoms with Crippen LogP contribution in [0.3, 0.4) is 0 Å². The molecule has 0 aliphatic rings. The highest BCUT2D eigenvalue weighted by Crippen LogP contribution is 2.40. The van der Waals surface area contributed by atoms with E-state index in [-0.39, 0.29) is 4.84 Å². The summed E-state index contributed by atoms with van der Waals surface area (Å²) < 4.78 is 40.0. The molecule has 0 aliphatic heterocycles. The summed E-state index contributed by atoms with van der Waals surface area (Å²) in [7, 11) is 0. The van der Waals surface area contributed by atoms with Crippen molar-refractivity contribution in [3.8, 4) is 0 Å². The van der Waals surface area contributed by atoms with Crippen LogP contribution in [0.1, 0.15) is 6.92 Å². The molecular weight excluding hydrogens is 266 g/mol. The molecular formula is C4H4Cl4F4. The zero-order valence-electron chi connectivity index (χ0n) is 5.60. The van der Waals surface area contributed by atoms with Crippen LogP contribution in [0.15, 0.2) is 0 Å². The highest BCUT2D eigenvalue weighted by molar-refractivity contribution is 6.47. The molecule has 0 fully saturated rings. The minimum Gasteiger partial charge on any atom is -0.198 e. The van der Waals surface area contributed by atoms with Gasteiger partial charge in [0.25, 0.3) is 0 Å². The minimum absolute atomic E-state index is 0.222. The molecule has 0 saturated heterocycles. The van der Waals surface area contributed by atoms with Gasteiger partial charge in [-0.05, 0) is 6.92 Å². The first-order valence-corrected chi connectivity index (χ1v) is 4.03. The summed E-state index contributed by atoms with van der Waals surface area (Å²) in [4.78, 5) is -0.222. The number of rotatable bonds is 0. The highest BCUT2D eigenvalue weighted by atomic mass is 35.5. The lowest BCUT2D eigenvalue weighted by atomic mass is 10.7. The van der Waals surface area contributed by atoms with E-state index in [0.29, 0.717) is 0 Å². The Kier molecular flexibility index (Phi) is 7.14. The molecule has 0 aromatic rings. The van der Waals surface area contributed by atoms with Crippen molar-refractivity contribution in [3.63, 3.8) is 0 Å². The molecule has 0 N–H and O–H groups in total. The highest BCUT2D eigenvalue weighted by Gasteiger charge is 2.53. The normalized spacial score (nSPS) is 12.5. The number of alkyl halides is 8. The van der Waals surface area contributed by atoms with Crippen molar-refractivity contribution in [3.05, 3.63) is 0 Å². The molecule has 0 unspecified atom stereocenters. The van der Waals surface area contributed by atoms with Gasteiger partial charge in [-0.2, -0.15) is 17.6 Å². The van der Waals surface area contributed by atoms with Gasteiger partial charge in [0.15, 0.2) is 0 Å². The predicted molar refractivity (Wildman–Crippen MR) is 42.8 cm³/mol. The first kappa shape index (κ1) is 15.4. The second-order valence-corrected chi connectivity index (χ2v) is 4.28. The summed E-state index contributed by atoms with van der Waals surface area (Å²) in [5.74, 6) is 0. The Labute approximate surface area is 86.7 Å². The van der Waals surface area contributed by atoms with Gasteiger partial charge < -0.3 is 0 Å². The van der Waals surface area contributed by atoms with E-state index in [1.165, 1.54) is 0 Å². The summed E-state index contributed by atoms with van der Waals surface area (Å²) in [6.45, 7) is 1.70. The molecule has 0 aliphatic carbocycles. The maximum atomic E-state index is 11.3. The van der Waals surface area contributed by atoms with Gasteiger partial charge in [0.05, 0.1) is 0 Å². The molecule has 0 aromatic heterocycles. The first-order valence-electron chi connectivity index (χ1n) is 2.40. The summed E-state index contributed by atoms with van der Waals surface area (Å²) in [5.41, 5.74) is 0. The van der Waals surface area contributed by atoms with Gasteiger partial charge in [0, 0.05) is 0 Å². The molecule has 0 spiro atoms. The van der Waals surface area contributed by atoms with Gasteiger partial charge in [-0.3, -0.25) is 0 Å². The Morgan fingerprint density at radius 2 is 1.08 bits per heavy atom. The fourth-order valence-electron chi connectivity index (χ4n) is 0. The van der Waals surface area contributed by atoms with Crippen LogP contribution in [0.2, 0.25) is 0 Å². The fourth-order valence-corrected chi connectivity index (χ4v) is 0. The first-order chi connectivity index (χ1) is 4.98. The van der Waals surface area contributed by atoms with Crippen LogP contribution in [0.25, 0.3) is 0 Å². The summed E-state index contributed by atoms with van der Waals surface area (Å²) in [6.07, 6.45) is -5.20. The van der Waals surface area contributed by atoms with E-state index >= 15 is 0 Å². The molecule has 0 heterocycles. The molecule has 0 bridgehead atoms. The summed E-state index contributed by atoms with van der Waals surface area (Å²) in [5, 5.41) is 0. The lowest BCUT2D eigenvalue weighted by molar-refractivity contribution is -0.170. The van der Waals surface area contributed by atoms with Crippen LogP contribution in [0.4, 0.5) is 17.6 Å². The molecule has 0 rings (SSSR count). The van der Waals surface area contributed by atoms with Gasteiger partial charge in [0.1, 0.15) is 4.84 Å². The molecule has 0 saturated carbocycles. The van der Waals surface area contributed by atoms with E-state index < -0.39 is 10.8 Å². The van der Waals surface area contributed by atoms with E-state index in [2.05, 4.69) is 23.2 Å². The van der Waals surface area contributed by atoms with Crippen molar-refractivity contribution in [1.29, 1.82) is 0 Å². The number of hydrogen-bond acceptors (Lipinski definition) is 0. The predicted octanol–water partition coefficient (Wildman–Crippen LogP) is 4.46. The van der Waals surface area contributed by atoms with Gasteiger partial charge in [0.2, 0.25) is 0 Å². The van der Waals surface area contributed by atoms with E-state index in [1.807, 2.05) is 0 Å². The molecule has 12 heavy (non-hydrogen) atoms. The van der Waals surface area contributed by atoms with Crippen molar-refractivity contribution >= 4 is 46.4 Å². The molecule has 0 nitrogen and oxygen atoms in total. The molecule has 8 heteroatoms. The Hall–Kier alpha value is 0.880.